The van der Waals surface area contributed by atoms with Gasteiger partial charge in [0.25, 0.3) is 0 Å². The molecule has 38 heavy (non-hydrogen) atoms. The number of para-hydroxylation sites is 1. The number of esters is 2. The molecule has 3 atom stereocenters. The van der Waals surface area contributed by atoms with E-state index in [1.165, 1.54) is 39.5 Å². The van der Waals surface area contributed by atoms with Gasteiger partial charge in [-0.15, -0.1) is 0 Å². The molecule has 0 saturated heterocycles. The molecule has 5 rings (SSSR count). The van der Waals surface area contributed by atoms with Gasteiger partial charge in [-0.25, -0.2) is 0 Å². The molecule has 3 aromatic carbocycles. The number of benzene rings is 3. The number of amides is 1. The highest BCUT2D eigenvalue weighted by Gasteiger charge is 2.40. The van der Waals surface area contributed by atoms with E-state index in [-0.39, 0.29) is 23.8 Å². The van der Waals surface area contributed by atoms with E-state index in [0.29, 0.717) is 29.8 Å². The van der Waals surface area contributed by atoms with E-state index in [1.807, 2.05) is 48.5 Å². The fourth-order valence-corrected chi connectivity index (χ4v) is 6.27. The van der Waals surface area contributed by atoms with Crippen LogP contribution in [0.5, 0.6) is 11.5 Å². The van der Waals surface area contributed by atoms with E-state index in [2.05, 4.69) is 5.32 Å². The van der Waals surface area contributed by atoms with E-state index < -0.39 is 0 Å². The number of carbonyl (C=O) groups excluding carboxylic acids is 3. The lowest BCUT2D eigenvalue weighted by Gasteiger charge is -2.24. The van der Waals surface area contributed by atoms with Crippen molar-refractivity contribution in [2.75, 3.05) is 5.32 Å². The van der Waals surface area contributed by atoms with Crippen LogP contribution in [0.25, 0.3) is 0 Å². The molecule has 1 N–H and O–H groups in total. The first-order valence-corrected chi connectivity index (χ1v) is 13.3. The number of nitrogens with one attached hydrogen (secondary N) is 1. The molecular formula is C32H33NO5. The van der Waals surface area contributed by atoms with Crippen molar-refractivity contribution >= 4 is 23.5 Å². The monoisotopic (exact) mass is 511 g/mol. The maximum atomic E-state index is 13.2. The SMILES string of the molecule is CC(=O)Oc1ccc(C(c2ccc(OC(C)=O)cc2)c2ccccc2NC(=O)CC2CC3CCC2C3)cc1. The topological polar surface area (TPSA) is 81.7 Å². The summed E-state index contributed by atoms with van der Waals surface area (Å²) in [4.78, 5) is 36.0. The van der Waals surface area contributed by atoms with Gasteiger partial charge in [0.15, 0.2) is 0 Å². The van der Waals surface area contributed by atoms with Crippen LogP contribution < -0.4 is 14.8 Å². The van der Waals surface area contributed by atoms with E-state index in [4.69, 9.17) is 9.47 Å². The number of carbonyl (C=O) groups is 3. The highest BCUT2D eigenvalue weighted by molar-refractivity contribution is 5.92. The molecule has 2 fully saturated rings. The molecule has 0 aliphatic heterocycles. The largest absolute Gasteiger partial charge is 0.427 e. The van der Waals surface area contributed by atoms with Crippen molar-refractivity contribution in [3.8, 4) is 11.5 Å². The molecule has 2 bridgehead atoms. The lowest BCUT2D eigenvalue weighted by Crippen LogP contribution is -2.21. The summed E-state index contributed by atoms with van der Waals surface area (Å²) < 4.78 is 10.5. The van der Waals surface area contributed by atoms with Crippen LogP contribution in [0.4, 0.5) is 5.69 Å². The Morgan fingerprint density at radius 1 is 0.789 bits per heavy atom. The molecule has 2 saturated carbocycles. The molecule has 2 aliphatic rings. The van der Waals surface area contributed by atoms with Gasteiger partial charge in [0.1, 0.15) is 11.5 Å². The Labute approximate surface area is 223 Å². The molecular weight excluding hydrogens is 478 g/mol. The Kier molecular flexibility index (Phi) is 7.59. The number of hydrogen-bond acceptors (Lipinski definition) is 5. The summed E-state index contributed by atoms with van der Waals surface area (Å²) in [5.74, 6) is 2.02. The van der Waals surface area contributed by atoms with Crippen molar-refractivity contribution in [1.29, 1.82) is 0 Å². The predicted octanol–water partition coefficient (Wildman–Crippen LogP) is 6.48. The van der Waals surface area contributed by atoms with Gasteiger partial charge in [0, 0.05) is 31.9 Å². The van der Waals surface area contributed by atoms with Crippen molar-refractivity contribution in [3.63, 3.8) is 0 Å². The Morgan fingerprint density at radius 2 is 1.37 bits per heavy atom. The van der Waals surface area contributed by atoms with Gasteiger partial charge >= 0.3 is 11.9 Å². The number of anilines is 1. The summed E-state index contributed by atoms with van der Waals surface area (Å²) in [6.45, 7) is 2.74. The summed E-state index contributed by atoms with van der Waals surface area (Å²) in [5, 5.41) is 3.21. The van der Waals surface area contributed by atoms with Gasteiger partial charge < -0.3 is 14.8 Å². The van der Waals surface area contributed by atoms with E-state index in [1.54, 1.807) is 24.3 Å². The molecule has 3 aromatic rings. The van der Waals surface area contributed by atoms with Gasteiger partial charge in [-0.1, -0.05) is 48.9 Å². The second-order valence-corrected chi connectivity index (χ2v) is 10.5. The van der Waals surface area contributed by atoms with Crippen LogP contribution >= 0.6 is 0 Å². The third kappa shape index (κ3) is 5.96. The van der Waals surface area contributed by atoms with Crippen LogP contribution in [0, 0.1) is 17.8 Å². The quantitative estimate of drug-likeness (QED) is 0.213. The Bertz CT molecular complexity index is 1250. The minimum Gasteiger partial charge on any atom is -0.427 e. The maximum Gasteiger partial charge on any atom is 0.308 e. The van der Waals surface area contributed by atoms with Crippen LogP contribution in [0.1, 0.15) is 68.6 Å². The van der Waals surface area contributed by atoms with Crippen LogP contribution in [-0.4, -0.2) is 17.8 Å². The summed E-state index contributed by atoms with van der Waals surface area (Å²) in [6.07, 6.45) is 5.59. The zero-order valence-electron chi connectivity index (χ0n) is 21.8. The number of hydrogen-bond donors (Lipinski definition) is 1. The number of fused-ring (bicyclic) bond motifs is 2. The first kappa shape index (κ1) is 25.7. The van der Waals surface area contributed by atoms with Crippen molar-refractivity contribution in [3.05, 3.63) is 89.5 Å². The second kappa shape index (κ2) is 11.2. The number of ether oxygens (including phenoxy) is 2. The molecule has 0 heterocycles. The average Bonchev–Trinajstić information content (AvgIpc) is 3.50. The maximum absolute atomic E-state index is 13.2. The van der Waals surface area contributed by atoms with Crippen LogP contribution in [0.3, 0.4) is 0 Å². The first-order valence-electron chi connectivity index (χ1n) is 13.3. The minimum atomic E-state index is -0.376. The van der Waals surface area contributed by atoms with Gasteiger partial charge in [-0.3, -0.25) is 14.4 Å². The van der Waals surface area contributed by atoms with Crippen LogP contribution in [0.15, 0.2) is 72.8 Å². The normalized spacial score (nSPS) is 19.8. The minimum absolute atomic E-state index is 0.0594. The van der Waals surface area contributed by atoms with Crippen LogP contribution in [-0.2, 0) is 14.4 Å². The van der Waals surface area contributed by atoms with Crippen molar-refractivity contribution < 1.29 is 23.9 Å². The molecule has 6 heteroatoms. The van der Waals surface area contributed by atoms with Crippen molar-refractivity contribution in [2.24, 2.45) is 17.8 Å². The Hall–Kier alpha value is -3.93. The zero-order chi connectivity index (χ0) is 26.6. The van der Waals surface area contributed by atoms with Gasteiger partial charge in [-0.2, -0.15) is 0 Å². The van der Waals surface area contributed by atoms with Gasteiger partial charge in [0.05, 0.1) is 0 Å². The lowest BCUT2D eigenvalue weighted by atomic mass is 9.84. The smallest absolute Gasteiger partial charge is 0.308 e. The zero-order valence-corrected chi connectivity index (χ0v) is 21.8. The summed E-state index contributed by atoms with van der Waals surface area (Å²) in [6, 6.07) is 22.7. The summed E-state index contributed by atoms with van der Waals surface area (Å²) in [7, 11) is 0. The van der Waals surface area contributed by atoms with Crippen LogP contribution in [0.2, 0.25) is 0 Å². The summed E-state index contributed by atoms with van der Waals surface area (Å²) >= 11 is 0. The molecule has 2 aliphatic carbocycles. The molecule has 1 amide bonds. The predicted molar refractivity (Wildman–Crippen MR) is 145 cm³/mol. The second-order valence-electron chi connectivity index (χ2n) is 10.5. The van der Waals surface area contributed by atoms with Gasteiger partial charge in [-0.05, 0) is 84.0 Å². The third-order valence-electron chi connectivity index (χ3n) is 7.83. The highest BCUT2D eigenvalue weighted by atomic mass is 16.5. The molecule has 196 valence electrons. The highest BCUT2D eigenvalue weighted by Crippen LogP contribution is 2.49. The fraction of sp³-hybridized carbons (Fsp3) is 0.344. The van der Waals surface area contributed by atoms with Gasteiger partial charge in [0.2, 0.25) is 5.91 Å². The lowest BCUT2D eigenvalue weighted by molar-refractivity contribution is -0.132. The molecule has 0 aromatic heterocycles. The standard InChI is InChI=1S/C32H33NO5/c1-20(34)37-27-13-9-23(10-14-27)32(24-11-15-28(16-12-24)38-21(2)35)29-5-3-4-6-30(29)33-31(36)19-26-18-22-7-8-25(26)17-22/h3-6,9-16,22,25-26,32H,7-8,17-19H2,1-2H3,(H,33,36). The molecule has 0 spiro atoms. The fourth-order valence-electron chi connectivity index (χ4n) is 6.27. The third-order valence-corrected chi connectivity index (χ3v) is 7.83. The van der Waals surface area contributed by atoms with E-state index in [9.17, 15) is 14.4 Å². The average molecular weight is 512 g/mol. The molecule has 0 radical (unpaired) electrons. The summed E-state index contributed by atoms with van der Waals surface area (Å²) in [5.41, 5.74) is 3.67. The van der Waals surface area contributed by atoms with Crippen molar-refractivity contribution in [1.82, 2.24) is 0 Å². The number of rotatable bonds is 8. The van der Waals surface area contributed by atoms with E-state index in [0.717, 1.165) is 28.3 Å². The van der Waals surface area contributed by atoms with E-state index >= 15 is 0 Å². The van der Waals surface area contributed by atoms with Crippen molar-refractivity contribution in [2.45, 2.75) is 51.9 Å². The first-order chi connectivity index (χ1) is 18.4. The molecule has 6 nitrogen and oxygen atoms in total. The Balaban J connectivity index is 1.45. The molecule has 3 unspecified atom stereocenters. The Morgan fingerprint density at radius 3 is 1.87 bits per heavy atom.